The van der Waals surface area contributed by atoms with E-state index in [0.717, 1.165) is 11.3 Å². The molecule has 0 bridgehead atoms. The highest BCUT2D eigenvalue weighted by molar-refractivity contribution is 7.89. The molecule has 3 aromatic rings. The van der Waals surface area contributed by atoms with Gasteiger partial charge in [-0.1, -0.05) is 35.9 Å². The molecule has 1 heterocycles. The number of hydrogen-bond donors (Lipinski definition) is 1. The SMILES string of the molecule is C=CCN(CC=C)S(=O)(=O)c1ccc(C(=O)Nc2nc(-c3ccc(Cl)cc3)cs2)cc1. The third-order valence-electron chi connectivity index (χ3n) is 4.28. The van der Waals surface area contributed by atoms with Crippen molar-refractivity contribution in [2.24, 2.45) is 0 Å². The molecule has 0 saturated carbocycles. The van der Waals surface area contributed by atoms with E-state index in [0.29, 0.717) is 15.7 Å². The second kappa shape index (κ2) is 10.0. The molecule has 3 rings (SSSR count). The molecule has 0 unspecified atom stereocenters. The standard InChI is InChI=1S/C22H20ClN3O3S2/c1-3-13-26(14-4-2)31(28,29)19-11-7-17(8-12-19)21(27)25-22-24-20(15-30-22)16-5-9-18(23)10-6-16/h3-12,15H,1-2,13-14H2,(H,24,25,27). The van der Waals surface area contributed by atoms with Gasteiger partial charge in [-0.2, -0.15) is 4.31 Å². The number of amides is 1. The summed E-state index contributed by atoms with van der Waals surface area (Å²) in [5.41, 5.74) is 1.93. The van der Waals surface area contributed by atoms with Crippen molar-refractivity contribution in [3.8, 4) is 11.3 Å². The van der Waals surface area contributed by atoms with E-state index in [-0.39, 0.29) is 23.9 Å². The Balaban J connectivity index is 1.73. The highest BCUT2D eigenvalue weighted by Gasteiger charge is 2.22. The van der Waals surface area contributed by atoms with Crippen molar-refractivity contribution in [1.29, 1.82) is 0 Å². The van der Waals surface area contributed by atoms with Crippen LogP contribution < -0.4 is 5.32 Å². The first-order valence-electron chi connectivity index (χ1n) is 9.20. The lowest BCUT2D eigenvalue weighted by atomic mass is 10.2. The summed E-state index contributed by atoms with van der Waals surface area (Å²) in [7, 11) is -3.72. The number of hydrogen-bond acceptors (Lipinski definition) is 5. The maximum atomic E-state index is 12.8. The minimum atomic E-state index is -3.72. The zero-order chi connectivity index (χ0) is 22.4. The predicted molar refractivity (Wildman–Crippen MR) is 126 cm³/mol. The zero-order valence-corrected chi connectivity index (χ0v) is 18.9. The Hall–Kier alpha value is -2.78. The Bertz CT molecular complexity index is 1180. The maximum Gasteiger partial charge on any atom is 0.257 e. The zero-order valence-electron chi connectivity index (χ0n) is 16.5. The molecule has 0 atom stereocenters. The topological polar surface area (TPSA) is 79.4 Å². The molecule has 0 fully saturated rings. The second-order valence-corrected chi connectivity index (χ2v) is 9.66. The molecule has 1 amide bonds. The summed E-state index contributed by atoms with van der Waals surface area (Å²) in [6.07, 6.45) is 3.02. The van der Waals surface area contributed by atoms with Crippen molar-refractivity contribution >= 4 is 44.0 Å². The van der Waals surface area contributed by atoms with Crippen LogP contribution in [-0.4, -0.2) is 36.7 Å². The van der Waals surface area contributed by atoms with Gasteiger partial charge in [0.2, 0.25) is 10.0 Å². The highest BCUT2D eigenvalue weighted by atomic mass is 35.5. The van der Waals surface area contributed by atoms with E-state index < -0.39 is 10.0 Å². The third kappa shape index (κ3) is 5.48. The van der Waals surface area contributed by atoms with Gasteiger partial charge in [0.1, 0.15) is 0 Å². The number of thiazole rings is 1. The lowest BCUT2D eigenvalue weighted by Gasteiger charge is -2.19. The van der Waals surface area contributed by atoms with Crippen LogP contribution >= 0.6 is 22.9 Å². The van der Waals surface area contributed by atoms with Crippen molar-refractivity contribution in [2.45, 2.75) is 4.90 Å². The van der Waals surface area contributed by atoms with Gasteiger partial charge in [0, 0.05) is 34.6 Å². The molecular weight excluding hydrogens is 454 g/mol. The number of aromatic nitrogens is 1. The van der Waals surface area contributed by atoms with Crippen molar-refractivity contribution in [2.75, 3.05) is 18.4 Å². The molecule has 9 heteroatoms. The van der Waals surface area contributed by atoms with E-state index in [1.807, 2.05) is 17.5 Å². The molecule has 0 spiro atoms. The fraction of sp³-hybridized carbons (Fsp3) is 0.0909. The van der Waals surface area contributed by atoms with Crippen LogP contribution in [-0.2, 0) is 10.0 Å². The second-order valence-electron chi connectivity index (χ2n) is 6.42. The lowest BCUT2D eigenvalue weighted by Crippen LogP contribution is -2.31. The number of benzene rings is 2. The number of rotatable bonds is 9. The smallest absolute Gasteiger partial charge is 0.257 e. The molecule has 0 aliphatic carbocycles. The summed E-state index contributed by atoms with van der Waals surface area (Å²) in [6, 6.07) is 13.0. The van der Waals surface area contributed by atoms with Gasteiger partial charge in [0.25, 0.3) is 5.91 Å². The molecule has 0 radical (unpaired) electrons. The lowest BCUT2D eigenvalue weighted by molar-refractivity contribution is 0.102. The first kappa shape index (κ1) is 22.9. The average molecular weight is 474 g/mol. The van der Waals surface area contributed by atoms with Crippen LogP contribution in [0, 0.1) is 0 Å². The largest absolute Gasteiger partial charge is 0.298 e. The van der Waals surface area contributed by atoms with Crippen LogP contribution in [0.4, 0.5) is 5.13 Å². The summed E-state index contributed by atoms with van der Waals surface area (Å²) < 4.78 is 26.8. The van der Waals surface area contributed by atoms with Crippen molar-refractivity contribution < 1.29 is 13.2 Å². The molecule has 0 aliphatic heterocycles. The van der Waals surface area contributed by atoms with Gasteiger partial charge in [-0.05, 0) is 36.4 Å². The van der Waals surface area contributed by atoms with Crippen LogP contribution in [0.1, 0.15) is 10.4 Å². The van der Waals surface area contributed by atoms with E-state index in [1.54, 1.807) is 12.1 Å². The first-order chi connectivity index (χ1) is 14.8. The van der Waals surface area contributed by atoms with Crippen molar-refractivity contribution in [3.05, 3.63) is 89.8 Å². The van der Waals surface area contributed by atoms with Gasteiger partial charge < -0.3 is 0 Å². The van der Waals surface area contributed by atoms with E-state index in [9.17, 15) is 13.2 Å². The fourth-order valence-corrected chi connectivity index (χ4v) is 4.96. The monoisotopic (exact) mass is 473 g/mol. The van der Waals surface area contributed by atoms with Gasteiger partial charge in [0.15, 0.2) is 5.13 Å². The number of carbonyl (C=O) groups is 1. The molecule has 1 aromatic heterocycles. The Morgan fingerprint density at radius 3 is 2.26 bits per heavy atom. The molecule has 160 valence electrons. The van der Waals surface area contributed by atoms with E-state index >= 15 is 0 Å². The van der Waals surface area contributed by atoms with Gasteiger partial charge >= 0.3 is 0 Å². The van der Waals surface area contributed by atoms with E-state index in [4.69, 9.17) is 11.6 Å². The molecular formula is C22H20ClN3O3S2. The van der Waals surface area contributed by atoms with E-state index in [2.05, 4.69) is 23.5 Å². The Kier molecular flexibility index (Phi) is 7.40. The number of carbonyl (C=O) groups excluding carboxylic acids is 1. The van der Waals surface area contributed by atoms with Crippen LogP contribution in [0.2, 0.25) is 5.02 Å². The van der Waals surface area contributed by atoms with Crippen LogP contribution in [0.25, 0.3) is 11.3 Å². The van der Waals surface area contributed by atoms with Gasteiger partial charge in [0.05, 0.1) is 10.6 Å². The Morgan fingerprint density at radius 1 is 1.06 bits per heavy atom. The van der Waals surface area contributed by atoms with Crippen LogP contribution in [0.15, 0.2) is 84.1 Å². The van der Waals surface area contributed by atoms with Gasteiger partial charge in [-0.3, -0.25) is 10.1 Å². The van der Waals surface area contributed by atoms with E-state index in [1.165, 1.54) is 52.1 Å². The molecule has 0 aliphatic rings. The molecule has 1 N–H and O–H groups in total. The Morgan fingerprint density at radius 2 is 1.68 bits per heavy atom. The fourth-order valence-electron chi connectivity index (χ4n) is 2.74. The molecule has 2 aromatic carbocycles. The number of sulfonamides is 1. The highest BCUT2D eigenvalue weighted by Crippen LogP contribution is 2.26. The molecule has 0 saturated heterocycles. The average Bonchev–Trinajstić information content (AvgIpc) is 3.22. The minimum absolute atomic E-state index is 0.0898. The van der Waals surface area contributed by atoms with Crippen LogP contribution in [0.5, 0.6) is 0 Å². The Labute approximate surface area is 190 Å². The normalized spacial score (nSPS) is 11.3. The predicted octanol–water partition coefficient (Wildman–Crippen LogP) is 5.08. The first-order valence-corrected chi connectivity index (χ1v) is 11.9. The summed E-state index contributed by atoms with van der Waals surface area (Å²) in [5.74, 6) is -0.380. The quantitative estimate of drug-likeness (QED) is 0.439. The molecule has 31 heavy (non-hydrogen) atoms. The maximum absolute atomic E-state index is 12.8. The van der Waals surface area contributed by atoms with Crippen LogP contribution in [0.3, 0.4) is 0 Å². The minimum Gasteiger partial charge on any atom is -0.298 e. The number of nitrogens with zero attached hydrogens (tertiary/aromatic N) is 2. The summed E-state index contributed by atoms with van der Waals surface area (Å²) in [4.78, 5) is 17.1. The summed E-state index contributed by atoms with van der Waals surface area (Å²) >= 11 is 7.20. The third-order valence-corrected chi connectivity index (χ3v) is 7.14. The summed E-state index contributed by atoms with van der Waals surface area (Å²) in [5, 5.41) is 5.65. The molecule has 6 nitrogen and oxygen atoms in total. The van der Waals surface area contributed by atoms with Crippen molar-refractivity contribution in [1.82, 2.24) is 9.29 Å². The van der Waals surface area contributed by atoms with Gasteiger partial charge in [-0.25, -0.2) is 13.4 Å². The van der Waals surface area contributed by atoms with Gasteiger partial charge in [-0.15, -0.1) is 24.5 Å². The number of nitrogens with one attached hydrogen (secondary N) is 1. The number of anilines is 1. The van der Waals surface area contributed by atoms with Crippen molar-refractivity contribution in [3.63, 3.8) is 0 Å². The summed E-state index contributed by atoms with van der Waals surface area (Å²) in [6.45, 7) is 7.50. The number of halogens is 1.